The normalized spacial score (nSPS) is 32.8. The minimum atomic E-state index is -2.23. The first-order valence-corrected chi connectivity index (χ1v) is 34.4. The van der Waals surface area contributed by atoms with Gasteiger partial charge in [0.25, 0.3) is 0 Å². The molecule has 34 nitrogen and oxygen atoms in total. The van der Waals surface area contributed by atoms with Crippen molar-refractivity contribution in [1.29, 1.82) is 0 Å². The number of aliphatic hydroxyl groups is 5. The van der Waals surface area contributed by atoms with Gasteiger partial charge in [-0.05, 0) is 50.0 Å². The van der Waals surface area contributed by atoms with Gasteiger partial charge in [0.1, 0.15) is 104 Å². The van der Waals surface area contributed by atoms with E-state index in [4.69, 9.17) is 75.8 Å². The molecule has 570 valence electrons. The predicted octanol–water partition coefficient (Wildman–Crippen LogP) is 6.22. The van der Waals surface area contributed by atoms with Crippen molar-refractivity contribution in [2.45, 2.75) is 193 Å². The van der Waals surface area contributed by atoms with E-state index in [9.17, 15) is 61.9 Å². The number of hydrogen-bond donors (Lipinski definition) is 7. The lowest BCUT2D eigenvalue weighted by atomic mass is 9.93. The summed E-state index contributed by atoms with van der Waals surface area (Å²) in [4.78, 5) is 36.9. The number of hydrogen-bond acceptors (Lipinski definition) is 26. The van der Waals surface area contributed by atoms with E-state index in [1.54, 1.807) is 146 Å². The zero-order chi connectivity index (χ0) is 75.2. The highest BCUT2D eigenvalue weighted by atomic mass is 16.8. The van der Waals surface area contributed by atoms with Crippen LogP contribution in [-0.2, 0) is 125 Å². The van der Waals surface area contributed by atoms with Crippen LogP contribution >= 0.6 is 0 Å². The smallest absolute Gasteiger partial charge is 0.335 e. The third-order valence-corrected chi connectivity index (χ3v) is 18.6. The maximum atomic E-state index is 14.1. The molecule has 0 aliphatic carbocycles. The van der Waals surface area contributed by atoms with Crippen LogP contribution in [0, 0.1) is 0 Å². The summed E-state index contributed by atoms with van der Waals surface area (Å²) >= 11 is 0. The van der Waals surface area contributed by atoms with E-state index in [-0.39, 0.29) is 39.6 Å². The topological polar surface area (TPSA) is 470 Å². The lowest BCUT2D eigenvalue weighted by Crippen LogP contribution is -2.69. The quantitative estimate of drug-likeness (QED) is 0.0132. The SMILES string of the molecule is CO[C@H]1OC(CO)[C@@H](O[C@@H]2OC(C(=O)O)[C@H](O[C@@H]3OC(CO)[C@@H](O[C@@H]4OC(C(=O)O)[C@@H](O[C@H]5OC(CO)[C@@H](OCc6ccccc6)[C@@H](OCc6ccccc6)C5N=[N+]=[N-])[C@@H](OCc5ccccc5)C4OCc4ccccc4)[C@H](O)C3N=[N+]=[N-])[C@H](OCc3ccccc3)C2O)[C@@H](OCc2ccccc2)C1N=[N+]=[N-]. The van der Waals surface area contributed by atoms with Gasteiger partial charge in [0, 0.05) is 21.8 Å². The number of rotatable bonds is 35. The Hall–Kier alpha value is -8.65. The maximum Gasteiger partial charge on any atom is 0.335 e. The average Bonchev–Trinajstić information content (AvgIpc) is 0.765. The number of nitrogens with zero attached hydrogens (tertiary/aromatic N) is 9. The molecule has 10 unspecified atom stereocenters. The fraction of sp³-hybridized carbons (Fsp3) is 0.479. The van der Waals surface area contributed by atoms with Crippen molar-refractivity contribution in [3.63, 3.8) is 0 Å². The zero-order valence-corrected chi connectivity index (χ0v) is 57.6. The molecule has 6 aromatic rings. The molecule has 0 amide bonds. The fourth-order valence-corrected chi connectivity index (χ4v) is 13.3. The Balaban J connectivity index is 0.913. The number of aliphatic hydroxyl groups excluding tert-OH is 5. The molecule has 5 aliphatic rings. The van der Waals surface area contributed by atoms with Crippen LogP contribution in [0.4, 0.5) is 0 Å². The second-order valence-corrected chi connectivity index (χ2v) is 25.5. The van der Waals surface area contributed by atoms with E-state index in [0.717, 1.165) is 5.56 Å². The molecule has 0 spiro atoms. The van der Waals surface area contributed by atoms with Gasteiger partial charge in [0.15, 0.2) is 43.7 Å². The van der Waals surface area contributed by atoms with E-state index in [1.165, 1.54) is 7.11 Å². The molecule has 5 aliphatic heterocycles. The van der Waals surface area contributed by atoms with E-state index < -0.39 is 185 Å². The fourth-order valence-electron chi connectivity index (χ4n) is 13.3. The number of carboxylic acid groups (broad SMARTS) is 2. The second-order valence-electron chi connectivity index (χ2n) is 25.5. The predicted molar refractivity (Wildman–Crippen MR) is 367 cm³/mol. The largest absolute Gasteiger partial charge is 0.479 e. The molecule has 0 radical (unpaired) electrons. The van der Waals surface area contributed by atoms with E-state index in [0.29, 0.717) is 27.8 Å². The molecule has 5 saturated heterocycles. The molecule has 6 aromatic carbocycles. The Morgan fingerprint density at radius 3 is 1.05 bits per heavy atom. The molecule has 0 bridgehead atoms. The minimum absolute atomic E-state index is 0.0138. The molecule has 0 aromatic heterocycles. The van der Waals surface area contributed by atoms with Gasteiger partial charge in [-0.1, -0.05) is 197 Å². The highest BCUT2D eigenvalue weighted by Gasteiger charge is 2.60. The Morgan fingerprint density at radius 2 is 0.645 bits per heavy atom. The monoisotopic (exact) mass is 1490 g/mol. The van der Waals surface area contributed by atoms with Gasteiger partial charge in [-0.2, -0.15) is 0 Å². The van der Waals surface area contributed by atoms with Crippen molar-refractivity contribution in [2.24, 2.45) is 15.3 Å². The van der Waals surface area contributed by atoms with Crippen LogP contribution in [0.1, 0.15) is 33.4 Å². The molecule has 11 rings (SSSR count). The summed E-state index contributed by atoms with van der Waals surface area (Å²) in [6.07, 6.45) is -38.5. The van der Waals surface area contributed by atoms with Crippen molar-refractivity contribution < 1.29 is 121 Å². The van der Waals surface area contributed by atoms with Crippen LogP contribution in [0.15, 0.2) is 197 Å². The zero-order valence-electron chi connectivity index (χ0n) is 57.6. The third-order valence-electron chi connectivity index (χ3n) is 18.6. The first-order valence-electron chi connectivity index (χ1n) is 34.4. The summed E-state index contributed by atoms with van der Waals surface area (Å²) in [5, 5.41) is 93.1. The van der Waals surface area contributed by atoms with Crippen molar-refractivity contribution in [2.75, 3.05) is 26.9 Å². The van der Waals surface area contributed by atoms with Gasteiger partial charge >= 0.3 is 11.9 Å². The molecule has 5 heterocycles. The Morgan fingerprint density at radius 1 is 0.346 bits per heavy atom. The first-order chi connectivity index (χ1) is 52.3. The summed E-state index contributed by atoms with van der Waals surface area (Å²) in [5.41, 5.74) is 34.1. The van der Waals surface area contributed by atoms with E-state index >= 15 is 0 Å². The summed E-state index contributed by atoms with van der Waals surface area (Å²) in [6.45, 7) is -3.62. The highest BCUT2D eigenvalue weighted by Crippen LogP contribution is 2.41. The number of carboxylic acids is 2. The van der Waals surface area contributed by atoms with Gasteiger partial charge in [-0.3, -0.25) is 0 Å². The molecular formula is C73H83N9O25. The lowest BCUT2D eigenvalue weighted by molar-refractivity contribution is -0.382. The van der Waals surface area contributed by atoms with E-state index in [2.05, 4.69) is 30.1 Å². The number of methoxy groups -OCH3 is 1. The number of benzene rings is 6. The van der Waals surface area contributed by atoms with Crippen molar-refractivity contribution >= 4 is 11.9 Å². The van der Waals surface area contributed by atoms with Gasteiger partial charge < -0.3 is 112 Å². The third kappa shape index (κ3) is 20.0. The number of carbonyl (C=O) groups is 2. The van der Waals surface area contributed by atoms with Gasteiger partial charge in [0.05, 0.1) is 65.6 Å². The Bertz CT molecular complexity index is 3870. The van der Waals surface area contributed by atoms with Crippen LogP contribution < -0.4 is 0 Å². The van der Waals surface area contributed by atoms with Crippen LogP contribution in [-0.4, -0.2) is 228 Å². The van der Waals surface area contributed by atoms with Crippen LogP contribution in [0.2, 0.25) is 0 Å². The van der Waals surface area contributed by atoms with Gasteiger partial charge in [-0.25, -0.2) is 9.59 Å². The lowest BCUT2D eigenvalue weighted by Gasteiger charge is -2.51. The van der Waals surface area contributed by atoms with Crippen molar-refractivity contribution in [3.8, 4) is 0 Å². The first kappa shape index (κ1) is 79.4. The van der Waals surface area contributed by atoms with Gasteiger partial charge in [-0.15, -0.1) is 0 Å². The second kappa shape index (κ2) is 39.5. The molecule has 5 fully saturated rings. The maximum absolute atomic E-state index is 14.1. The van der Waals surface area contributed by atoms with Crippen molar-refractivity contribution in [3.05, 3.63) is 247 Å². The molecule has 0 saturated carbocycles. The molecule has 107 heavy (non-hydrogen) atoms. The number of azide groups is 3. The molecule has 34 heteroatoms. The summed E-state index contributed by atoms with van der Waals surface area (Å²) in [6, 6.07) is 47.9. The van der Waals surface area contributed by atoms with Crippen LogP contribution in [0.5, 0.6) is 0 Å². The van der Waals surface area contributed by atoms with Crippen LogP contribution in [0.25, 0.3) is 31.3 Å². The minimum Gasteiger partial charge on any atom is -0.479 e. The molecule has 7 N–H and O–H groups in total. The number of ether oxygens (including phenoxy) is 16. The number of aliphatic carboxylic acids is 2. The Labute approximate surface area is 612 Å². The highest BCUT2D eigenvalue weighted by molar-refractivity contribution is 5.74. The van der Waals surface area contributed by atoms with Gasteiger partial charge in [0.2, 0.25) is 0 Å². The Kier molecular flexibility index (Phi) is 29.3. The summed E-state index contributed by atoms with van der Waals surface area (Å²) in [5.74, 6) is -3.44. The summed E-state index contributed by atoms with van der Waals surface area (Å²) < 4.78 is 102. The average molecular weight is 1490 g/mol. The molecule has 25 atom stereocenters. The van der Waals surface area contributed by atoms with Crippen molar-refractivity contribution in [1.82, 2.24) is 0 Å². The van der Waals surface area contributed by atoms with Crippen LogP contribution in [0.3, 0.4) is 0 Å². The molecular weight excluding hydrogens is 1400 g/mol. The summed E-state index contributed by atoms with van der Waals surface area (Å²) in [7, 11) is 1.27. The van der Waals surface area contributed by atoms with E-state index in [1.807, 2.05) is 36.4 Å². The standard InChI is InChI=1S/C73H83N9O25/c1-92-69-51(78-81-75)59(95-37-43-24-12-4-13-25-43)57(49(34-85)99-69)103-72-54(87)60(96-38-44-26-14-5-15-27-44)62(64(106-72)67(88)89)104-70-50(77-80-74)53(86)55(47(32-83)100-70)102-73-66(98-40-46-30-18-7-19-31-46)61(97-39-45-28-16-6-17-29-45)63(65(107-73)68(90)91)105-71-52(79-82-76)58(94-36-42-22-10-3-11-23-42)56(48(33-84)101-71)93-35-41-20-8-2-9-21-41/h2-31,47-66,69-73,83-87H,32-40H2,1H3,(H,88,89)(H,90,91)/t47?,48?,49?,50?,51?,52?,53-,54?,55-,56-,57-,58+,59+,60-,61-,62-,63+,64?,65?,66?,69+,70+,71-,72-,73-/m1/s1.